The summed E-state index contributed by atoms with van der Waals surface area (Å²) in [6.45, 7) is 2.44. The molecule has 0 bridgehead atoms. The normalized spacial score (nSPS) is 10.5. The lowest BCUT2D eigenvalue weighted by Gasteiger charge is -2.05. The number of fused-ring (bicyclic) bond motifs is 1. The molecule has 0 radical (unpaired) electrons. The van der Waals surface area contributed by atoms with Crippen LogP contribution in [0.15, 0.2) is 18.3 Å². The molecule has 0 aliphatic heterocycles. The van der Waals surface area contributed by atoms with E-state index in [-0.39, 0.29) is 22.4 Å². The van der Waals surface area contributed by atoms with E-state index in [4.69, 9.17) is 0 Å². The Morgan fingerprint density at radius 2 is 1.89 bits per heavy atom. The third-order valence-electron chi connectivity index (χ3n) is 2.66. The predicted octanol–water partition coefficient (Wildman–Crippen LogP) is 2.04. The molecule has 19 heavy (non-hydrogen) atoms. The molecule has 2 rings (SSSR count). The predicted molar refractivity (Wildman–Crippen MR) is 67.6 cm³/mol. The number of hydrogen-bond acceptors (Lipinski definition) is 3. The second-order valence-corrected chi connectivity index (χ2v) is 4.11. The van der Waals surface area contributed by atoms with Crippen molar-refractivity contribution in [3.05, 3.63) is 29.7 Å². The molecule has 0 aliphatic carbocycles. The van der Waals surface area contributed by atoms with Gasteiger partial charge in [-0.15, -0.1) is 0 Å². The fourth-order valence-electron chi connectivity index (χ4n) is 1.87. The maximum atomic E-state index is 13.8. The summed E-state index contributed by atoms with van der Waals surface area (Å²) in [5.41, 5.74) is 0.596. The number of aromatic amines is 1. The first kappa shape index (κ1) is 12.9. The monoisotopic (exact) mass is 262 g/mol. The Morgan fingerprint density at radius 1 is 1.21 bits per heavy atom. The van der Waals surface area contributed by atoms with Gasteiger partial charge in [-0.05, 0) is 12.1 Å². The van der Waals surface area contributed by atoms with Crippen molar-refractivity contribution in [3.63, 3.8) is 0 Å². The lowest BCUT2D eigenvalue weighted by atomic mass is 10.1. The SMILES string of the molecule is CC(=O)Nc1ccc(F)c2c(C(=O)C(C)=O)c[nH]c12. The summed E-state index contributed by atoms with van der Waals surface area (Å²) >= 11 is 0. The summed E-state index contributed by atoms with van der Waals surface area (Å²) in [7, 11) is 0. The zero-order valence-corrected chi connectivity index (χ0v) is 10.3. The van der Waals surface area contributed by atoms with Crippen LogP contribution < -0.4 is 5.32 Å². The Balaban J connectivity index is 2.68. The molecule has 1 amide bonds. The second kappa shape index (κ2) is 4.64. The highest BCUT2D eigenvalue weighted by atomic mass is 19.1. The molecule has 2 aromatic rings. The number of carbonyl (C=O) groups is 3. The summed E-state index contributed by atoms with van der Waals surface area (Å²) < 4.78 is 13.8. The third kappa shape index (κ3) is 2.24. The van der Waals surface area contributed by atoms with E-state index in [1.165, 1.54) is 19.2 Å². The van der Waals surface area contributed by atoms with Crippen molar-refractivity contribution < 1.29 is 18.8 Å². The van der Waals surface area contributed by atoms with Crippen LogP contribution in [0.1, 0.15) is 24.2 Å². The maximum Gasteiger partial charge on any atom is 0.230 e. The van der Waals surface area contributed by atoms with Gasteiger partial charge in [0.2, 0.25) is 11.7 Å². The van der Waals surface area contributed by atoms with Gasteiger partial charge in [-0.3, -0.25) is 14.4 Å². The van der Waals surface area contributed by atoms with Gasteiger partial charge in [0.1, 0.15) is 5.82 Å². The number of Topliss-reactive ketones (excluding diaryl/α,β-unsaturated/α-hetero) is 2. The van der Waals surface area contributed by atoms with E-state index >= 15 is 0 Å². The van der Waals surface area contributed by atoms with E-state index in [0.29, 0.717) is 5.69 Å². The van der Waals surface area contributed by atoms with Crippen LogP contribution in [0.25, 0.3) is 10.9 Å². The Bertz CT molecular complexity index is 703. The van der Waals surface area contributed by atoms with E-state index < -0.39 is 17.4 Å². The highest BCUT2D eigenvalue weighted by molar-refractivity contribution is 6.45. The van der Waals surface area contributed by atoms with Gasteiger partial charge < -0.3 is 10.3 Å². The van der Waals surface area contributed by atoms with Crippen LogP contribution in [-0.4, -0.2) is 22.5 Å². The Morgan fingerprint density at radius 3 is 2.47 bits per heavy atom. The van der Waals surface area contributed by atoms with E-state index in [1.54, 1.807) is 0 Å². The van der Waals surface area contributed by atoms with Gasteiger partial charge in [-0.1, -0.05) is 0 Å². The molecule has 0 unspecified atom stereocenters. The van der Waals surface area contributed by atoms with Crippen molar-refractivity contribution in [3.8, 4) is 0 Å². The van der Waals surface area contributed by atoms with Gasteiger partial charge >= 0.3 is 0 Å². The smallest absolute Gasteiger partial charge is 0.230 e. The molecule has 0 atom stereocenters. The van der Waals surface area contributed by atoms with Crippen molar-refractivity contribution in [1.29, 1.82) is 0 Å². The number of rotatable bonds is 3. The van der Waals surface area contributed by atoms with Gasteiger partial charge in [0.05, 0.1) is 16.8 Å². The summed E-state index contributed by atoms with van der Waals surface area (Å²) in [4.78, 5) is 36.5. The van der Waals surface area contributed by atoms with Crippen molar-refractivity contribution in [1.82, 2.24) is 4.98 Å². The van der Waals surface area contributed by atoms with E-state index in [9.17, 15) is 18.8 Å². The minimum atomic E-state index is -0.773. The summed E-state index contributed by atoms with van der Waals surface area (Å²) in [5.74, 6) is -2.40. The molecule has 98 valence electrons. The number of benzene rings is 1. The van der Waals surface area contributed by atoms with Crippen LogP contribution in [0.5, 0.6) is 0 Å². The number of amides is 1. The zero-order chi connectivity index (χ0) is 14.2. The second-order valence-electron chi connectivity index (χ2n) is 4.11. The molecule has 1 aromatic heterocycles. The highest BCUT2D eigenvalue weighted by Gasteiger charge is 2.20. The van der Waals surface area contributed by atoms with Crippen LogP contribution in [0.4, 0.5) is 10.1 Å². The first-order valence-corrected chi connectivity index (χ1v) is 5.54. The number of nitrogens with one attached hydrogen (secondary N) is 2. The Labute approximate surface area is 107 Å². The van der Waals surface area contributed by atoms with Gasteiger partial charge in [-0.25, -0.2) is 4.39 Å². The van der Waals surface area contributed by atoms with E-state index in [0.717, 1.165) is 13.0 Å². The average molecular weight is 262 g/mol. The fraction of sp³-hybridized carbons (Fsp3) is 0.154. The lowest BCUT2D eigenvalue weighted by molar-refractivity contribution is -0.114. The molecule has 0 spiro atoms. The van der Waals surface area contributed by atoms with Gasteiger partial charge in [0.15, 0.2) is 5.78 Å². The minimum absolute atomic E-state index is 0.00597. The number of H-pyrrole nitrogens is 1. The summed E-state index contributed by atoms with van der Waals surface area (Å²) in [6.07, 6.45) is 1.27. The molecule has 0 saturated heterocycles. The van der Waals surface area contributed by atoms with Crippen molar-refractivity contribution in [2.45, 2.75) is 13.8 Å². The Kier molecular flexibility index (Phi) is 3.16. The first-order chi connectivity index (χ1) is 8.91. The maximum absolute atomic E-state index is 13.8. The zero-order valence-electron chi connectivity index (χ0n) is 10.3. The number of halogens is 1. The van der Waals surface area contributed by atoms with Gasteiger partial charge in [0, 0.05) is 25.4 Å². The van der Waals surface area contributed by atoms with Crippen molar-refractivity contribution >= 4 is 34.1 Å². The molecule has 0 saturated carbocycles. The number of hydrogen-bond donors (Lipinski definition) is 2. The quantitative estimate of drug-likeness (QED) is 0.656. The topological polar surface area (TPSA) is 79.0 Å². The van der Waals surface area contributed by atoms with E-state index in [2.05, 4.69) is 10.3 Å². The van der Waals surface area contributed by atoms with Crippen molar-refractivity contribution in [2.75, 3.05) is 5.32 Å². The van der Waals surface area contributed by atoms with Crippen molar-refractivity contribution in [2.24, 2.45) is 0 Å². The third-order valence-corrected chi connectivity index (χ3v) is 2.66. The molecule has 0 aliphatic rings. The van der Waals surface area contributed by atoms with Crippen LogP contribution in [0.2, 0.25) is 0 Å². The molecule has 5 nitrogen and oxygen atoms in total. The number of ketones is 2. The summed E-state index contributed by atoms with van der Waals surface area (Å²) in [5, 5.41) is 2.53. The van der Waals surface area contributed by atoms with Gasteiger partial charge in [0.25, 0.3) is 0 Å². The first-order valence-electron chi connectivity index (χ1n) is 5.54. The number of anilines is 1. The Hall–Kier alpha value is -2.50. The van der Waals surface area contributed by atoms with Crippen LogP contribution in [0, 0.1) is 5.82 Å². The minimum Gasteiger partial charge on any atom is -0.359 e. The molecular weight excluding hydrogens is 251 g/mol. The lowest BCUT2D eigenvalue weighted by Crippen LogP contribution is -2.09. The standard InChI is InChI=1S/C13H11FN2O3/c1-6(17)13(19)8-5-15-12-10(16-7(2)18)4-3-9(14)11(8)12/h3-5,15H,1-2H3,(H,16,18). The number of carbonyl (C=O) groups excluding carboxylic acids is 3. The molecular formula is C13H11FN2O3. The molecule has 1 aromatic carbocycles. The van der Waals surface area contributed by atoms with Crippen LogP contribution in [-0.2, 0) is 9.59 Å². The largest absolute Gasteiger partial charge is 0.359 e. The molecule has 6 heteroatoms. The van der Waals surface area contributed by atoms with Crippen LogP contribution >= 0.6 is 0 Å². The molecule has 1 heterocycles. The number of aromatic nitrogens is 1. The average Bonchev–Trinajstić information content (AvgIpc) is 2.76. The molecule has 0 fully saturated rings. The van der Waals surface area contributed by atoms with Crippen LogP contribution in [0.3, 0.4) is 0 Å². The summed E-state index contributed by atoms with van der Waals surface area (Å²) in [6, 6.07) is 2.52. The van der Waals surface area contributed by atoms with E-state index in [1.807, 2.05) is 0 Å². The highest BCUT2D eigenvalue weighted by Crippen LogP contribution is 2.28. The molecule has 2 N–H and O–H groups in total. The van der Waals surface area contributed by atoms with Gasteiger partial charge in [-0.2, -0.15) is 0 Å². The fourth-order valence-corrected chi connectivity index (χ4v) is 1.87.